The Labute approximate surface area is 218 Å². The molecule has 1 fully saturated rings. The van der Waals surface area contributed by atoms with E-state index in [9.17, 15) is 14.4 Å². The van der Waals surface area contributed by atoms with E-state index in [1.165, 1.54) is 11.3 Å². The van der Waals surface area contributed by atoms with Gasteiger partial charge in [0, 0.05) is 31.7 Å². The molecule has 1 aromatic rings. The zero-order chi connectivity index (χ0) is 27.8. The van der Waals surface area contributed by atoms with Crippen LogP contribution in [0.3, 0.4) is 0 Å². The number of carboxylic acids is 1. The first-order valence-corrected chi connectivity index (χ1v) is 12.7. The standard InChI is InChI=1S/C15H21N3O2.C11H20O6/c1-15-7-8-17(3)13(15)18(4)12-6-5-10(9-11(12)15)20-14(19)16-2;1-2-3-4-5-6-7-17-11(16)9(13)8(12)10(14)15/h5-6,9,13H,7-8H2,1-4H3,(H,16,19);8-9,12-13H,2-7H2,1H3,(H,14,15)/t13-,15+;/m1./s1. The van der Waals surface area contributed by atoms with Crippen molar-refractivity contribution in [2.75, 3.05) is 39.2 Å². The number of carboxylic acid groups (broad SMARTS) is 1. The van der Waals surface area contributed by atoms with Crippen molar-refractivity contribution < 1.29 is 39.2 Å². The number of nitrogens with zero attached hydrogens (tertiary/aromatic N) is 2. The molecule has 2 aliphatic rings. The summed E-state index contributed by atoms with van der Waals surface area (Å²) < 4.78 is 9.91. The second-order valence-electron chi connectivity index (χ2n) is 9.76. The number of fused-ring (bicyclic) bond motifs is 3. The van der Waals surface area contributed by atoms with E-state index in [1.54, 1.807) is 7.05 Å². The van der Waals surface area contributed by atoms with Crippen LogP contribution in [0.15, 0.2) is 18.2 Å². The van der Waals surface area contributed by atoms with Gasteiger partial charge in [0.15, 0.2) is 12.2 Å². The molecule has 3 rings (SSSR count). The van der Waals surface area contributed by atoms with Gasteiger partial charge in [-0.15, -0.1) is 0 Å². The summed E-state index contributed by atoms with van der Waals surface area (Å²) in [5.41, 5.74) is 2.60. The molecule has 0 saturated carbocycles. The number of likely N-dealkylation sites (tertiary alicyclic amines) is 1. The molecule has 11 nitrogen and oxygen atoms in total. The first-order chi connectivity index (χ1) is 17.5. The van der Waals surface area contributed by atoms with Gasteiger partial charge in [-0.25, -0.2) is 14.4 Å². The van der Waals surface area contributed by atoms with Gasteiger partial charge in [-0.05, 0) is 43.7 Å². The Morgan fingerprint density at radius 2 is 1.81 bits per heavy atom. The maximum Gasteiger partial charge on any atom is 0.412 e. The van der Waals surface area contributed by atoms with E-state index < -0.39 is 30.2 Å². The molecular weight excluding hydrogens is 482 g/mol. The molecule has 1 amide bonds. The molecule has 2 heterocycles. The molecule has 11 heteroatoms. The van der Waals surface area contributed by atoms with E-state index in [0.29, 0.717) is 18.3 Å². The number of likely N-dealkylation sites (N-methyl/N-ethyl adjacent to an activating group) is 2. The van der Waals surface area contributed by atoms with Crippen molar-refractivity contribution >= 4 is 23.7 Å². The minimum absolute atomic E-state index is 0.0981. The number of benzene rings is 1. The van der Waals surface area contributed by atoms with Crippen molar-refractivity contribution in [1.82, 2.24) is 10.2 Å². The van der Waals surface area contributed by atoms with Gasteiger partial charge in [-0.3, -0.25) is 4.90 Å². The van der Waals surface area contributed by atoms with Crippen LogP contribution in [0.25, 0.3) is 0 Å². The Kier molecular flexibility index (Phi) is 11.1. The van der Waals surface area contributed by atoms with E-state index in [1.807, 2.05) is 18.2 Å². The lowest BCUT2D eigenvalue weighted by Crippen LogP contribution is -2.45. The van der Waals surface area contributed by atoms with Crippen molar-refractivity contribution in [3.8, 4) is 5.75 Å². The van der Waals surface area contributed by atoms with Crippen LogP contribution in [0.2, 0.25) is 0 Å². The SMILES string of the molecule is CCCCCCCOC(=O)C(O)C(O)C(=O)O.CNC(=O)Oc1ccc2c(c1)[C@]1(C)CCN(C)[C@@H]1N2C. The molecule has 0 radical (unpaired) electrons. The fraction of sp³-hybridized carbons (Fsp3) is 0.654. The van der Waals surface area contributed by atoms with Crippen molar-refractivity contribution in [3.63, 3.8) is 0 Å². The molecule has 0 bridgehead atoms. The predicted octanol–water partition coefficient (Wildman–Crippen LogP) is 2.08. The highest BCUT2D eigenvalue weighted by atomic mass is 16.6. The van der Waals surface area contributed by atoms with Crippen LogP contribution < -0.4 is 15.0 Å². The number of carbonyl (C=O) groups excluding carboxylic acids is 2. The van der Waals surface area contributed by atoms with Crippen LogP contribution in [-0.2, 0) is 19.7 Å². The number of amides is 1. The van der Waals surface area contributed by atoms with Crippen molar-refractivity contribution in [3.05, 3.63) is 23.8 Å². The Morgan fingerprint density at radius 3 is 2.43 bits per heavy atom. The first-order valence-electron chi connectivity index (χ1n) is 12.7. The average Bonchev–Trinajstić information content (AvgIpc) is 3.30. The summed E-state index contributed by atoms with van der Waals surface area (Å²) in [5, 5.41) is 28.8. The number of unbranched alkanes of at least 4 members (excludes halogenated alkanes) is 4. The number of carbonyl (C=O) groups is 3. The molecular formula is C26H41N3O8. The Morgan fingerprint density at radius 1 is 1.14 bits per heavy atom. The van der Waals surface area contributed by atoms with Crippen molar-refractivity contribution in [1.29, 1.82) is 0 Å². The number of aliphatic carboxylic acids is 1. The zero-order valence-electron chi connectivity index (χ0n) is 22.4. The average molecular weight is 524 g/mol. The number of aliphatic hydroxyl groups is 2. The maximum atomic E-state index is 11.4. The van der Waals surface area contributed by atoms with Gasteiger partial charge in [0.2, 0.25) is 0 Å². The quantitative estimate of drug-likeness (QED) is 0.265. The van der Waals surface area contributed by atoms with Gasteiger partial charge in [-0.1, -0.05) is 39.5 Å². The fourth-order valence-electron chi connectivity index (χ4n) is 5.00. The Balaban J connectivity index is 0.000000265. The van der Waals surface area contributed by atoms with Crippen LogP contribution in [0, 0.1) is 0 Å². The molecule has 0 aromatic heterocycles. The molecule has 2 unspecified atom stereocenters. The van der Waals surface area contributed by atoms with Gasteiger partial charge in [0.25, 0.3) is 0 Å². The summed E-state index contributed by atoms with van der Waals surface area (Å²) in [7, 11) is 5.86. The predicted molar refractivity (Wildman–Crippen MR) is 138 cm³/mol. The second-order valence-corrected chi connectivity index (χ2v) is 9.76. The lowest BCUT2D eigenvalue weighted by atomic mass is 9.81. The summed E-state index contributed by atoms with van der Waals surface area (Å²) in [6, 6.07) is 5.92. The molecule has 4 atom stereocenters. The van der Waals surface area contributed by atoms with Crippen LogP contribution in [0.4, 0.5) is 10.5 Å². The number of rotatable bonds is 10. The third-order valence-corrected chi connectivity index (χ3v) is 7.00. The van der Waals surface area contributed by atoms with E-state index in [4.69, 9.17) is 20.1 Å². The lowest BCUT2D eigenvalue weighted by Gasteiger charge is -2.32. The second kappa shape index (κ2) is 13.6. The minimum Gasteiger partial charge on any atom is -0.479 e. The maximum absolute atomic E-state index is 11.4. The molecule has 0 aliphatic carbocycles. The van der Waals surface area contributed by atoms with Crippen LogP contribution in [0.5, 0.6) is 5.75 Å². The van der Waals surface area contributed by atoms with E-state index in [0.717, 1.165) is 38.6 Å². The highest BCUT2D eigenvalue weighted by Gasteiger charge is 2.52. The highest BCUT2D eigenvalue weighted by molar-refractivity contribution is 5.84. The fourth-order valence-corrected chi connectivity index (χ4v) is 5.00. The van der Waals surface area contributed by atoms with Gasteiger partial charge >= 0.3 is 18.0 Å². The lowest BCUT2D eigenvalue weighted by molar-refractivity contribution is -0.169. The third kappa shape index (κ3) is 7.33. The molecule has 1 aromatic carbocycles. The monoisotopic (exact) mass is 523 g/mol. The zero-order valence-corrected chi connectivity index (χ0v) is 22.4. The topological polar surface area (TPSA) is 149 Å². The number of esters is 1. The van der Waals surface area contributed by atoms with Crippen LogP contribution in [-0.4, -0.2) is 90.9 Å². The molecule has 0 spiro atoms. The number of anilines is 1. The number of hydrogen-bond acceptors (Lipinski definition) is 9. The molecule has 1 saturated heterocycles. The normalized spacial score (nSPS) is 21.7. The largest absolute Gasteiger partial charge is 0.479 e. The van der Waals surface area contributed by atoms with Crippen LogP contribution >= 0.6 is 0 Å². The summed E-state index contributed by atoms with van der Waals surface area (Å²) in [4.78, 5) is 37.4. The number of nitrogens with one attached hydrogen (secondary N) is 1. The first kappa shape index (κ1) is 30.3. The van der Waals surface area contributed by atoms with Crippen molar-refractivity contribution in [2.45, 2.75) is 76.2 Å². The van der Waals surface area contributed by atoms with E-state index in [-0.39, 0.29) is 12.0 Å². The molecule has 208 valence electrons. The summed E-state index contributed by atoms with van der Waals surface area (Å²) in [6.45, 7) is 5.61. The molecule has 2 aliphatic heterocycles. The van der Waals surface area contributed by atoms with E-state index in [2.05, 4.69) is 47.8 Å². The molecule has 4 N–H and O–H groups in total. The Hall–Kier alpha value is -2.89. The summed E-state index contributed by atoms with van der Waals surface area (Å²) in [6.07, 6.45) is 1.78. The van der Waals surface area contributed by atoms with Gasteiger partial charge in [0.1, 0.15) is 5.75 Å². The summed E-state index contributed by atoms with van der Waals surface area (Å²) >= 11 is 0. The minimum atomic E-state index is -2.14. The third-order valence-electron chi connectivity index (χ3n) is 7.00. The highest BCUT2D eigenvalue weighted by Crippen LogP contribution is 2.51. The van der Waals surface area contributed by atoms with Gasteiger partial charge in [0.05, 0.1) is 12.8 Å². The number of ether oxygens (including phenoxy) is 2. The van der Waals surface area contributed by atoms with Gasteiger partial charge in [-0.2, -0.15) is 0 Å². The van der Waals surface area contributed by atoms with Gasteiger partial charge < -0.3 is 35.0 Å². The Bertz CT molecular complexity index is 942. The number of hydrogen-bond donors (Lipinski definition) is 4. The summed E-state index contributed by atoms with van der Waals surface area (Å²) in [5.74, 6) is -2.15. The smallest absolute Gasteiger partial charge is 0.412 e. The van der Waals surface area contributed by atoms with E-state index >= 15 is 0 Å². The van der Waals surface area contributed by atoms with Crippen molar-refractivity contribution in [2.24, 2.45) is 0 Å². The molecule has 37 heavy (non-hydrogen) atoms. The van der Waals surface area contributed by atoms with Crippen LogP contribution in [0.1, 0.15) is 57.9 Å². The number of aliphatic hydroxyl groups excluding tert-OH is 2.